The predicted octanol–water partition coefficient (Wildman–Crippen LogP) is 14.5. The second-order valence-corrected chi connectivity index (χ2v) is 15.5. The first kappa shape index (κ1) is 32.9. The van der Waals surface area contributed by atoms with Crippen LogP contribution in [0.3, 0.4) is 0 Å². The van der Waals surface area contributed by atoms with Gasteiger partial charge in [0.05, 0.1) is 22.1 Å². The van der Waals surface area contributed by atoms with Crippen LogP contribution in [-0.2, 0) is 0 Å². The molecule has 0 aliphatic rings. The zero-order chi connectivity index (χ0) is 39.3. The molecule has 0 amide bonds. The molecule has 3 aromatic heterocycles. The summed E-state index contributed by atoms with van der Waals surface area (Å²) in [5.74, 6) is 1.80. The van der Waals surface area contributed by atoms with Crippen LogP contribution in [0, 0.1) is 0 Å². The van der Waals surface area contributed by atoms with Crippen molar-refractivity contribution in [1.29, 1.82) is 0 Å². The maximum atomic E-state index is 6.63. The average molecular weight is 765 g/mol. The Morgan fingerprint density at radius 1 is 0.317 bits per heavy atom. The molecule has 60 heavy (non-hydrogen) atoms. The highest BCUT2D eigenvalue weighted by molar-refractivity contribution is 6.18. The van der Waals surface area contributed by atoms with E-state index in [-0.39, 0.29) is 0 Å². The molecule has 0 aliphatic carbocycles. The van der Waals surface area contributed by atoms with E-state index < -0.39 is 0 Å². The van der Waals surface area contributed by atoms with Gasteiger partial charge >= 0.3 is 0 Å². The molecule has 0 fully saturated rings. The van der Waals surface area contributed by atoms with Crippen LogP contribution in [0.1, 0.15) is 0 Å². The Hall–Kier alpha value is -8.15. The van der Waals surface area contributed by atoms with E-state index in [2.05, 4.69) is 187 Å². The van der Waals surface area contributed by atoms with E-state index in [1.54, 1.807) is 0 Å². The van der Waals surface area contributed by atoms with Crippen molar-refractivity contribution in [2.24, 2.45) is 0 Å². The number of aromatic nitrogens is 4. The van der Waals surface area contributed by atoms with Gasteiger partial charge in [-0.25, -0.2) is 15.0 Å². The molecule has 0 N–H and O–H groups in total. The quantitative estimate of drug-likeness (QED) is 0.167. The number of benzene rings is 10. The van der Waals surface area contributed by atoms with Crippen LogP contribution < -0.4 is 0 Å². The fraction of sp³-hybridized carbons (Fsp3) is 0. The van der Waals surface area contributed by atoms with E-state index in [0.29, 0.717) is 17.5 Å². The maximum Gasteiger partial charge on any atom is 0.166 e. The molecule has 0 saturated heterocycles. The lowest BCUT2D eigenvalue weighted by atomic mass is 9.96. The summed E-state index contributed by atoms with van der Waals surface area (Å²) in [6.45, 7) is 0. The SMILES string of the molecule is c1ccc2cc3c(cc2c1)c1ccccc1n3-c1c(-c2nc(-c3cccc4ccccc34)nc(-c3cc4ccccc4c4ccccc34)n2)ccc2oc3ccccc3c12. The Morgan fingerprint density at radius 3 is 1.72 bits per heavy atom. The third kappa shape index (κ3) is 4.84. The van der Waals surface area contributed by atoms with Gasteiger partial charge in [0.15, 0.2) is 17.5 Å². The molecule has 5 nitrogen and oxygen atoms in total. The molecule has 3 heterocycles. The van der Waals surface area contributed by atoms with Gasteiger partial charge in [-0.05, 0) is 85.6 Å². The number of hydrogen-bond acceptors (Lipinski definition) is 4. The van der Waals surface area contributed by atoms with E-state index in [1.807, 2.05) is 12.1 Å². The van der Waals surface area contributed by atoms with Crippen molar-refractivity contribution in [3.8, 4) is 39.9 Å². The second-order valence-electron chi connectivity index (χ2n) is 15.5. The Morgan fingerprint density at radius 2 is 0.900 bits per heavy atom. The summed E-state index contributed by atoms with van der Waals surface area (Å²) in [6, 6.07) is 68.5. The normalized spacial score (nSPS) is 12.0. The molecule has 13 rings (SSSR count). The van der Waals surface area contributed by atoms with Gasteiger partial charge < -0.3 is 8.98 Å². The number of nitrogens with zero attached hydrogens (tertiary/aromatic N) is 4. The van der Waals surface area contributed by atoms with Crippen LogP contribution in [0.25, 0.3) is 127 Å². The molecular formula is C55H32N4O. The van der Waals surface area contributed by atoms with Crippen molar-refractivity contribution in [1.82, 2.24) is 19.5 Å². The molecule has 0 bridgehead atoms. The van der Waals surface area contributed by atoms with E-state index in [9.17, 15) is 0 Å². The van der Waals surface area contributed by atoms with E-state index in [4.69, 9.17) is 19.4 Å². The van der Waals surface area contributed by atoms with Crippen LogP contribution in [0.4, 0.5) is 0 Å². The van der Waals surface area contributed by atoms with Gasteiger partial charge in [0.25, 0.3) is 0 Å². The van der Waals surface area contributed by atoms with E-state index in [1.165, 1.54) is 26.9 Å². The van der Waals surface area contributed by atoms with Crippen molar-refractivity contribution in [2.45, 2.75) is 0 Å². The molecule has 0 radical (unpaired) electrons. The minimum Gasteiger partial charge on any atom is -0.456 e. The van der Waals surface area contributed by atoms with Crippen LogP contribution in [-0.4, -0.2) is 19.5 Å². The lowest BCUT2D eigenvalue weighted by molar-refractivity contribution is 0.669. The Labute approximate surface area is 343 Å². The minimum absolute atomic E-state index is 0.578. The van der Waals surface area contributed by atoms with Gasteiger partial charge in [0, 0.05) is 32.8 Å². The third-order valence-electron chi connectivity index (χ3n) is 12.2. The lowest BCUT2D eigenvalue weighted by Crippen LogP contribution is -2.04. The summed E-state index contributed by atoms with van der Waals surface area (Å²) >= 11 is 0. The summed E-state index contributed by atoms with van der Waals surface area (Å²) in [5, 5.41) is 13.5. The van der Waals surface area contributed by atoms with Crippen LogP contribution >= 0.6 is 0 Å². The molecule has 0 unspecified atom stereocenters. The fourth-order valence-corrected chi connectivity index (χ4v) is 9.50. The summed E-state index contributed by atoms with van der Waals surface area (Å²) < 4.78 is 9.04. The molecule has 5 heteroatoms. The van der Waals surface area contributed by atoms with Crippen LogP contribution in [0.15, 0.2) is 199 Å². The van der Waals surface area contributed by atoms with Gasteiger partial charge in [-0.3, -0.25) is 0 Å². The lowest BCUT2D eigenvalue weighted by Gasteiger charge is -2.17. The fourth-order valence-electron chi connectivity index (χ4n) is 9.50. The molecule has 0 aliphatic heterocycles. The highest BCUT2D eigenvalue weighted by Crippen LogP contribution is 2.44. The van der Waals surface area contributed by atoms with Crippen molar-refractivity contribution < 1.29 is 4.42 Å². The highest BCUT2D eigenvalue weighted by Gasteiger charge is 2.25. The molecule has 278 valence electrons. The van der Waals surface area contributed by atoms with Crippen molar-refractivity contribution in [3.63, 3.8) is 0 Å². The largest absolute Gasteiger partial charge is 0.456 e. The first-order chi connectivity index (χ1) is 29.7. The van der Waals surface area contributed by atoms with Gasteiger partial charge in [-0.15, -0.1) is 0 Å². The Bertz CT molecular complexity index is 3910. The standard InChI is InChI=1S/C55H32N4O/c1-2-16-35-32-48-45(30-34(35)15-1)41-23-9-11-26-47(41)59(48)52-44(28-29-50-51(52)43-24-10-12-27-49(43)60-50)54-56-53(42-25-13-18-33-14-3-5-19-37(33)42)57-55(58-54)46-31-36-17-4-6-20-38(36)39-21-7-8-22-40(39)46/h1-32H. The molecule has 13 aromatic rings. The molecular weight excluding hydrogens is 733 g/mol. The Kier molecular flexibility index (Phi) is 6.95. The van der Waals surface area contributed by atoms with Gasteiger partial charge in [0.2, 0.25) is 0 Å². The monoisotopic (exact) mass is 764 g/mol. The number of hydrogen-bond donors (Lipinski definition) is 0. The zero-order valence-corrected chi connectivity index (χ0v) is 32.2. The second kappa shape index (κ2) is 12.7. The maximum absolute atomic E-state index is 6.63. The Balaban J connectivity index is 1.20. The molecule has 0 saturated carbocycles. The van der Waals surface area contributed by atoms with Gasteiger partial charge in [-0.1, -0.05) is 152 Å². The number of rotatable bonds is 4. The van der Waals surface area contributed by atoms with Crippen LogP contribution in [0.2, 0.25) is 0 Å². The van der Waals surface area contributed by atoms with Crippen molar-refractivity contribution in [2.75, 3.05) is 0 Å². The average Bonchev–Trinajstić information content (AvgIpc) is 3.85. The van der Waals surface area contributed by atoms with Crippen LogP contribution in [0.5, 0.6) is 0 Å². The van der Waals surface area contributed by atoms with E-state index in [0.717, 1.165) is 82.3 Å². The smallest absolute Gasteiger partial charge is 0.166 e. The zero-order valence-electron chi connectivity index (χ0n) is 32.2. The summed E-state index contributed by atoms with van der Waals surface area (Å²) in [6.07, 6.45) is 0. The minimum atomic E-state index is 0.578. The van der Waals surface area contributed by atoms with Crippen molar-refractivity contribution in [3.05, 3.63) is 194 Å². The number of furan rings is 1. The summed E-state index contributed by atoms with van der Waals surface area (Å²) in [5.41, 5.74) is 7.54. The summed E-state index contributed by atoms with van der Waals surface area (Å²) in [7, 11) is 0. The molecule has 0 spiro atoms. The highest BCUT2D eigenvalue weighted by atomic mass is 16.3. The van der Waals surface area contributed by atoms with Gasteiger partial charge in [-0.2, -0.15) is 0 Å². The first-order valence-corrected chi connectivity index (χ1v) is 20.3. The third-order valence-corrected chi connectivity index (χ3v) is 12.2. The first-order valence-electron chi connectivity index (χ1n) is 20.3. The molecule has 10 aromatic carbocycles. The number of fused-ring (bicyclic) bond motifs is 11. The van der Waals surface area contributed by atoms with Crippen molar-refractivity contribution >= 4 is 86.8 Å². The number of para-hydroxylation sites is 2. The summed E-state index contributed by atoms with van der Waals surface area (Å²) in [4.78, 5) is 16.4. The predicted molar refractivity (Wildman–Crippen MR) is 248 cm³/mol. The van der Waals surface area contributed by atoms with Gasteiger partial charge in [0.1, 0.15) is 11.2 Å². The topological polar surface area (TPSA) is 56.7 Å². The molecule has 0 atom stereocenters. The van der Waals surface area contributed by atoms with E-state index >= 15 is 0 Å².